The van der Waals surface area contributed by atoms with Crippen LogP contribution in [0.4, 0.5) is 11.6 Å². The van der Waals surface area contributed by atoms with Crippen LogP contribution in [-0.2, 0) is 6.54 Å². The monoisotopic (exact) mass is 404 g/mol. The number of aryl methyl sites for hydroxylation is 4. The van der Waals surface area contributed by atoms with Gasteiger partial charge in [-0.2, -0.15) is 0 Å². The Bertz CT molecular complexity index is 961. The van der Waals surface area contributed by atoms with E-state index in [0.717, 1.165) is 40.8 Å². The van der Waals surface area contributed by atoms with E-state index in [9.17, 15) is 0 Å². The van der Waals surface area contributed by atoms with Gasteiger partial charge < -0.3 is 4.57 Å². The third-order valence-electron chi connectivity index (χ3n) is 5.74. The molecule has 2 aromatic carbocycles. The molecule has 0 atom stereocenters. The van der Waals surface area contributed by atoms with Crippen LogP contribution in [0.1, 0.15) is 75.0 Å². The summed E-state index contributed by atoms with van der Waals surface area (Å²) >= 11 is 0. The molecule has 4 nitrogen and oxygen atoms in total. The zero-order chi connectivity index (χ0) is 21.3. The van der Waals surface area contributed by atoms with Crippen molar-refractivity contribution in [3.8, 4) is 0 Å². The average Bonchev–Trinajstić information content (AvgIpc) is 3.07. The number of aromatic nitrogens is 2. The van der Waals surface area contributed by atoms with Crippen molar-refractivity contribution in [3.63, 3.8) is 0 Å². The quantitative estimate of drug-likeness (QED) is 0.233. The lowest BCUT2D eigenvalue weighted by molar-refractivity contribution is 0.548. The fourth-order valence-corrected chi connectivity index (χ4v) is 4.19. The Balaban J connectivity index is 1.71. The van der Waals surface area contributed by atoms with E-state index in [4.69, 9.17) is 4.98 Å². The highest BCUT2D eigenvalue weighted by molar-refractivity contribution is 5.78. The summed E-state index contributed by atoms with van der Waals surface area (Å²) in [6.45, 7) is 9.52. The lowest BCUT2D eigenvalue weighted by Crippen LogP contribution is -1.97. The molecular weight excluding hydrogens is 368 g/mol. The molecule has 0 aliphatic rings. The number of azo groups is 1. The number of hydrogen-bond donors (Lipinski definition) is 0. The average molecular weight is 405 g/mol. The van der Waals surface area contributed by atoms with Gasteiger partial charge in [0, 0.05) is 6.54 Å². The van der Waals surface area contributed by atoms with Crippen LogP contribution in [0.25, 0.3) is 11.0 Å². The van der Waals surface area contributed by atoms with Gasteiger partial charge in [-0.1, -0.05) is 81.7 Å². The lowest BCUT2D eigenvalue weighted by Gasteiger charge is -2.07. The normalized spacial score (nSPS) is 11.7. The Morgan fingerprint density at radius 2 is 1.43 bits per heavy atom. The summed E-state index contributed by atoms with van der Waals surface area (Å²) in [6, 6.07) is 12.6. The second kappa shape index (κ2) is 11.1. The van der Waals surface area contributed by atoms with Gasteiger partial charge >= 0.3 is 0 Å². The number of unbranched alkanes of at least 4 members (excludes halogenated alkanes) is 7. The number of hydrogen-bond acceptors (Lipinski definition) is 3. The Kier molecular flexibility index (Phi) is 8.18. The van der Waals surface area contributed by atoms with Crippen LogP contribution in [-0.4, -0.2) is 9.55 Å². The van der Waals surface area contributed by atoms with Crippen LogP contribution in [0, 0.1) is 20.8 Å². The highest BCUT2D eigenvalue weighted by atomic mass is 15.3. The van der Waals surface area contributed by atoms with E-state index in [2.05, 4.69) is 72.8 Å². The minimum absolute atomic E-state index is 0.707. The molecule has 0 fully saturated rings. The van der Waals surface area contributed by atoms with Crippen molar-refractivity contribution in [2.45, 2.75) is 85.6 Å². The van der Waals surface area contributed by atoms with Gasteiger partial charge in [-0.25, -0.2) is 4.98 Å². The summed E-state index contributed by atoms with van der Waals surface area (Å²) in [7, 11) is 0. The SMILES string of the molecule is CCCCCCCCCCn1c(N=Nc2c(C)cc(C)cc2C)nc2ccccc21. The molecule has 1 aromatic heterocycles. The minimum Gasteiger partial charge on any atom is -0.307 e. The molecule has 0 aliphatic heterocycles. The molecule has 0 bridgehead atoms. The summed E-state index contributed by atoms with van der Waals surface area (Å²) < 4.78 is 2.23. The number of para-hydroxylation sites is 2. The van der Waals surface area contributed by atoms with Crippen molar-refractivity contribution in [2.24, 2.45) is 10.2 Å². The van der Waals surface area contributed by atoms with Crippen LogP contribution in [0.2, 0.25) is 0 Å². The summed E-state index contributed by atoms with van der Waals surface area (Å²) in [5.74, 6) is 0.707. The third-order valence-corrected chi connectivity index (χ3v) is 5.74. The van der Waals surface area contributed by atoms with Crippen molar-refractivity contribution in [3.05, 3.63) is 53.1 Å². The third kappa shape index (κ3) is 5.78. The van der Waals surface area contributed by atoms with E-state index in [1.165, 1.54) is 50.5 Å². The first-order chi connectivity index (χ1) is 14.6. The van der Waals surface area contributed by atoms with Crippen LogP contribution in [0.5, 0.6) is 0 Å². The lowest BCUT2D eigenvalue weighted by atomic mass is 10.1. The number of nitrogens with zero attached hydrogens (tertiary/aromatic N) is 4. The first-order valence-electron chi connectivity index (χ1n) is 11.5. The van der Waals surface area contributed by atoms with Gasteiger partial charge in [-0.05, 0) is 50.5 Å². The molecule has 0 spiro atoms. The molecule has 0 aliphatic carbocycles. The molecule has 0 N–H and O–H groups in total. The van der Waals surface area contributed by atoms with Crippen LogP contribution < -0.4 is 0 Å². The Labute approximate surface area is 181 Å². The van der Waals surface area contributed by atoms with E-state index in [0.29, 0.717) is 5.95 Å². The maximum absolute atomic E-state index is 4.76. The van der Waals surface area contributed by atoms with Crippen LogP contribution in [0.3, 0.4) is 0 Å². The Morgan fingerprint density at radius 1 is 0.800 bits per heavy atom. The van der Waals surface area contributed by atoms with E-state index < -0.39 is 0 Å². The standard InChI is InChI=1S/C26H36N4/c1-5-6-7-8-9-10-11-14-17-30-24-16-13-12-15-23(24)27-26(30)29-28-25-21(3)18-20(2)19-22(25)4/h12-13,15-16,18-19H,5-11,14,17H2,1-4H3. The topological polar surface area (TPSA) is 42.5 Å². The largest absolute Gasteiger partial charge is 0.307 e. The summed E-state index contributed by atoms with van der Waals surface area (Å²) in [5.41, 5.74) is 6.65. The van der Waals surface area contributed by atoms with Crippen LogP contribution >= 0.6 is 0 Å². The van der Waals surface area contributed by atoms with Crippen molar-refractivity contribution < 1.29 is 0 Å². The molecule has 0 unspecified atom stereocenters. The molecule has 0 radical (unpaired) electrons. The summed E-state index contributed by atoms with van der Waals surface area (Å²) in [6.07, 6.45) is 10.5. The second-order valence-corrected chi connectivity index (χ2v) is 8.47. The van der Waals surface area contributed by atoms with Gasteiger partial charge in [0.1, 0.15) is 0 Å². The van der Waals surface area contributed by atoms with Gasteiger partial charge in [0.25, 0.3) is 0 Å². The fourth-order valence-electron chi connectivity index (χ4n) is 4.19. The smallest absolute Gasteiger partial charge is 0.250 e. The van der Waals surface area contributed by atoms with E-state index in [1.54, 1.807) is 0 Å². The number of benzene rings is 2. The Hall–Kier alpha value is -2.49. The summed E-state index contributed by atoms with van der Waals surface area (Å²) in [4.78, 5) is 4.76. The van der Waals surface area contributed by atoms with E-state index >= 15 is 0 Å². The van der Waals surface area contributed by atoms with E-state index in [1.807, 2.05) is 6.07 Å². The highest BCUT2D eigenvalue weighted by Gasteiger charge is 2.10. The molecular formula is C26H36N4. The van der Waals surface area contributed by atoms with Crippen molar-refractivity contribution in [1.82, 2.24) is 9.55 Å². The maximum Gasteiger partial charge on any atom is 0.250 e. The molecule has 3 rings (SSSR count). The van der Waals surface area contributed by atoms with Crippen LogP contribution in [0.15, 0.2) is 46.6 Å². The molecule has 30 heavy (non-hydrogen) atoms. The molecule has 0 saturated carbocycles. The molecule has 160 valence electrons. The number of imidazole rings is 1. The van der Waals surface area contributed by atoms with Gasteiger partial charge in [0.15, 0.2) is 0 Å². The summed E-state index contributed by atoms with van der Waals surface area (Å²) in [5, 5.41) is 9.19. The van der Waals surface area contributed by atoms with Gasteiger partial charge in [-0.3, -0.25) is 0 Å². The predicted octanol–water partition coefficient (Wildman–Crippen LogP) is 8.52. The zero-order valence-corrected chi connectivity index (χ0v) is 19.1. The first-order valence-corrected chi connectivity index (χ1v) is 11.5. The molecule has 4 heteroatoms. The fraction of sp³-hybridized carbons (Fsp3) is 0.500. The predicted molar refractivity (Wildman–Crippen MR) is 127 cm³/mol. The highest BCUT2D eigenvalue weighted by Crippen LogP contribution is 2.29. The van der Waals surface area contributed by atoms with Crippen molar-refractivity contribution in [1.29, 1.82) is 0 Å². The van der Waals surface area contributed by atoms with Gasteiger partial charge in [0.05, 0.1) is 16.7 Å². The Morgan fingerprint density at radius 3 is 2.13 bits per heavy atom. The van der Waals surface area contributed by atoms with E-state index in [-0.39, 0.29) is 0 Å². The minimum atomic E-state index is 0.707. The van der Waals surface area contributed by atoms with Gasteiger partial charge in [-0.15, -0.1) is 10.2 Å². The molecule has 0 amide bonds. The number of rotatable bonds is 11. The molecule has 0 saturated heterocycles. The van der Waals surface area contributed by atoms with Crippen molar-refractivity contribution >= 4 is 22.7 Å². The molecule has 1 heterocycles. The second-order valence-electron chi connectivity index (χ2n) is 8.47. The zero-order valence-electron chi connectivity index (χ0n) is 19.1. The number of fused-ring (bicyclic) bond motifs is 1. The first kappa shape index (κ1) is 22.2. The molecule has 3 aromatic rings. The van der Waals surface area contributed by atoms with Gasteiger partial charge in [0.2, 0.25) is 5.95 Å². The van der Waals surface area contributed by atoms with Crippen molar-refractivity contribution in [2.75, 3.05) is 0 Å². The maximum atomic E-state index is 4.76.